The Balaban J connectivity index is 1.52. The number of hydrogen-bond acceptors (Lipinski definition) is 5. The second-order valence-corrected chi connectivity index (χ2v) is 9.14. The summed E-state index contributed by atoms with van der Waals surface area (Å²) >= 11 is 0. The summed E-state index contributed by atoms with van der Waals surface area (Å²) in [5, 5.41) is 19.7. The highest BCUT2D eigenvalue weighted by molar-refractivity contribution is 6.00. The Morgan fingerprint density at radius 1 is 1.09 bits per heavy atom. The second-order valence-electron chi connectivity index (χ2n) is 9.14. The molecule has 3 atom stereocenters. The van der Waals surface area contributed by atoms with Crippen molar-refractivity contribution >= 4 is 17.6 Å². The minimum atomic E-state index is -0.851. The molecule has 0 aromatic heterocycles. The summed E-state index contributed by atoms with van der Waals surface area (Å²) in [6, 6.07) is 19.6. The molecule has 0 spiro atoms. The highest BCUT2D eigenvalue weighted by Crippen LogP contribution is 2.43. The van der Waals surface area contributed by atoms with E-state index >= 15 is 0 Å². The van der Waals surface area contributed by atoms with Crippen LogP contribution in [-0.2, 0) is 22.6 Å². The Bertz CT molecular complexity index is 1260. The van der Waals surface area contributed by atoms with Crippen LogP contribution in [0.2, 0.25) is 0 Å². The third-order valence-corrected chi connectivity index (χ3v) is 7.06. The smallest absolute Gasteiger partial charge is 0.321 e. The molecule has 0 fully saturated rings. The molecular weight excluding hydrogens is 444 g/mol. The van der Waals surface area contributed by atoms with E-state index < -0.39 is 18.1 Å². The number of nitrogens with zero attached hydrogens (tertiary/aromatic N) is 2. The summed E-state index contributed by atoms with van der Waals surface area (Å²) in [4.78, 5) is 29.0. The zero-order chi connectivity index (χ0) is 24.7. The summed E-state index contributed by atoms with van der Waals surface area (Å²) in [7, 11) is 1.70. The van der Waals surface area contributed by atoms with E-state index in [1.54, 1.807) is 24.1 Å². The van der Waals surface area contributed by atoms with E-state index in [9.17, 15) is 19.8 Å². The van der Waals surface area contributed by atoms with Crippen molar-refractivity contribution in [3.8, 4) is 11.5 Å². The molecule has 0 bridgehead atoms. The van der Waals surface area contributed by atoms with Crippen LogP contribution in [0.1, 0.15) is 47.7 Å². The number of likely N-dealkylation sites (N-methyl/N-ethyl adjacent to an activating group) is 1. The van der Waals surface area contributed by atoms with Crippen LogP contribution in [0.15, 0.2) is 66.7 Å². The monoisotopic (exact) mass is 472 g/mol. The van der Waals surface area contributed by atoms with E-state index in [1.165, 1.54) is 12.1 Å². The number of carbonyl (C=O) groups is 2. The van der Waals surface area contributed by atoms with Gasteiger partial charge in [0, 0.05) is 25.2 Å². The van der Waals surface area contributed by atoms with Gasteiger partial charge in [-0.25, -0.2) is 0 Å². The SMILES string of the molecule is CC[C@H](c1ccccc1)N1Cc2cc3c(cc2C[C@H]1C(=O)O)N(C)C(=O)[C@@H](c1ccc(O)cc1)O3. The number of aliphatic carboxylic acids is 1. The summed E-state index contributed by atoms with van der Waals surface area (Å²) in [6.45, 7) is 2.54. The van der Waals surface area contributed by atoms with E-state index in [0.717, 1.165) is 23.1 Å². The van der Waals surface area contributed by atoms with E-state index in [1.807, 2.05) is 42.5 Å². The first-order valence-corrected chi connectivity index (χ1v) is 11.8. The molecule has 2 N–H and O–H groups in total. The third kappa shape index (κ3) is 4.12. The Hall–Kier alpha value is -3.84. The van der Waals surface area contributed by atoms with Gasteiger partial charge in [0.2, 0.25) is 6.10 Å². The number of ether oxygens (including phenoxy) is 1. The minimum absolute atomic E-state index is 0.0311. The quantitative estimate of drug-likeness (QED) is 0.570. The molecular formula is C28H28N2O5. The molecule has 0 saturated carbocycles. The average Bonchev–Trinajstić information content (AvgIpc) is 2.86. The average molecular weight is 473 g/mol. The second kappa shape index (κ2) is 9.07. The number of aromatic hydroxyl groups is 1. The normalized spacial score (nSPS) is 20.5. The van der Waals surface area contributed by atoms with Gasteiger partial charge in [-0.1, -0.05) is 49.4 Å². The molecule has 7 nitrogen and oxygen atoms in total. The van der Waals surface area contributed by atoms with Crippen LogP contribution >= 0.6 is 0 Å². The molecule has 2 heterocycles. The van der Waals surface area contributed by atoms with Crippen LogP contribution in [-0.4, -0.2) is 40.1 Å². The zero-order valence-electron chi connectivity index (χ0n) is 19.7. The lowest BCUT2D eigenvalue weighted by Gasteiger charge is -2.41. The number of fused-ring (bicyclic) bond motifs is 2. The van der Waals surface area contributed by atoms with Crippen molar-refractivity contribution in [3.05, 3.63) is 89.0 Å². The zero-order valence-corrected chi connectivity index (χ0v) is 19.7. The van der Waals surface area contributed by atoms with Gasteiger partial charge in [-0.05, 0) is 53.8 Å². The topological polar surface area (TPSA) is 90.3 Å². The Morgan fingerprint density at radius 3 is 2.46 bits per heavy atom. The lowest BCUT2D eigenvalue weighted by Crippen LogP contribution is -2.47. The molecule has 180 valence electrons. The van der Waals surface area contributed by atoms with Crippen LogP contribution in [0.25, 0.3) is 0 Å². The molecule has 1 amide bonds. The van der Waals surface area contributed by atoms with Gasteiger partial charge in [0.1, 0.15) is 17.5 Å². The van der Waals surface area contributed by atoms with Gasteiger partial charge >= 0.3 is 5.97 Å². The third-order valence-electron chi connectivity index (χ3n) is 7.06. The molecule has 2 aliphatic rings. The molecule has 0 aliphatic carbocycles. The summed E-state index contributed by atoms with van der Waals surface area (Å²) in [5.74, 6) is -0.358. The van der Waals surface area contributed by atoms with Crippen molar-refractivity contribution in [1.82, 2.24) is 4.90 Å². The molecule has 3 aromatic rings. The van der Waals surface area contributed by atoms with Crippen molar-refractivity contribution < 1.29 is 24.5 Å². The first kappa shape index (κ1) is 22.9. The van der Waals surface area contributed by atoms with Crippen molar-refractivity contribution in [1.29, 1.82) is 0 Å². The van der Waals surface area contributed by atoms with E-state index in [4.69, 9.17) is 4.74 Å². The number of carboxylic acids is 1. The minimum Gasteiger partial charge on any atom is -0.508 e. The number of benzene rings is 3. The number of phenols is 1. The van der Waals surface area contributed by atoms with Crippen LogP contribution in [0.4, 0.5) is 5.69 Å². The van der Waals surface area contributed by atoms with E-state index in [-0.39, 0.29) is 17.7 Å². The first-order valence-electron chi connectivity index (χ1n) is 11.8. The van der Waals surface area contributed by atoms with Crippen molar-refractivity contribution in [3.63, 3.8) is 0 Å². The summed E-state index contributed by atoms with van der Waals surface area (Å²) in [5.41, 5.74) is 4.31. The maximum absolute atomic E-state index is 13.1. The highest BCUT2D eigenvalue weighted by Gasteiger charge is 2.39. The standard InChI is InChI=1S/C28H28N2O5/c1-3-22(17-7-5-4-6-8-17)30-16-20-15-25-23(13-19(20)14-24(30)28(33)34)29(2)27(32)26(35-25)18-9-11-21(31)12-10-18/h4-13,15,22,24,26,31H,3,14,16H2,1-2H3,(H,33,34)/t22-,24+,26-/m1/s1. The summed E-state index contributed by atoms with van der Waals surface area (Å²) in [6.07, 6.45) is 0.320. The Labute approximate surface area is 204 Å². The maximum Gasteiger partial charge on any atom is 0.321 e. The predicted molar refractivity (Wildman–Crippen MR) is 131 cm³/mol. The Morgan fingerprint density at radius 2 is 1.80 bits per heavy atom. The molecule has 5 rings (SSSR count). The predicted octanol–water partition coefficient (Wildman–Crippen LogP) is 4.45. The van der Waals surface area contributed by atoms with E-state index in [0.29, 0.717) is 30.0 Å². The number of hydrogen-bond donors (Lipinski definition) is 2. The van der Waals surface area contributed by atoms with Crippen molar-refractivity contribution in [2.45, 2.75) is 44.5 Å². The molecule has 0 unspecified atom stereocenters. The van der Waals surface area contributed by atoms with Gasteiger partial charge in [-0.3, -0.25) is 14.5 Å². The van der Waals surface area contributed by atoms with Gasteiger partial charge in [0.05, 0.1) is 5.69 Å². The number of anilines is 1. The van der Waals surface area contributed by atoms with Crippen LogP contribution in [0.5, 0.6) is 11.5 Å². The number of carboxylic acid groups (broad SMARTS) is 1. The number of amides is 1. The lowest BCUT2D eigenvalue weighted by molar-refractivity contribution is -0.145. The molecule has 3 aromatic carbocycles. The van der Waals surface area contributed by atoms with Crippen LogP contribution in [0.3, 0.4) is 0 Å². The van der Waals surface area contributed by atoms with Gasteiger partial charge < -0.3 is 19.8 Å². The highest BCUT2D eigenvalue weighted by atomic mass is 16.5. The fourth-order valence-electron chi connectivity index (χ4n) is 5.21. The lowest BCUT2D eigenvalue weighted by atomic mass is 9.89. The molecule has 0 saturated heterocycles. The largest absolute Gasteiger partial charge is 0.508 e. The van der Waals surface area contributed by atoms with Crippen LogP contribution in [0, 0.1) is 0 Å². The van der Waals surface area contributed by atoms with Gasteiger partial charge in [-0.2, -0.15) is 0 Å². The van der Waals surface area contributed by atoms with Crippen molar-refractivity contribution in [2.75, 3.05) is 11.9 Å². The van der Waals surface area contributed by atoms with Crippen LogP contribution < -0.4 is 9.64 Å². The first-order chi connectivity index (χ1) is 16.9. The molecule has 35 heavy (non-hydrogen) atoms. The molecule has 0 radical (unpaired) electrons. The van der Waals surface area contributed by atoms with Gasteiger partial charge in [0.15, 0.2) is 0 Å². The molecule has 7 heteroatoms. The van der Waals surface area contributed by atoms with Gasteiger partial charge in [-0.15, -0.1) is 0 Å². The molecule has 2 aliphatic heterocycles. The van der Waals surface area contributed by atoms with E-state index in [2.05, 4.69) is 11.8 Å². The fourth-order valence-corrected chi connectivity index (χ4v) is 5.21. The van der Waals surface area contributed by atoms with Crippen molar-refractivity contribution in [2.24, 2.45) is 0 Å². The number of phenolic OH excluding ortho intramolecular Hbond substituents is 1. The van der Waals surface area contributed by atoms with Gasteiger partial charge in [0.25, 0.3) is 5.91 Å². The number of rotatable bonds is 5. The maximum atomic E-state index is 13.1. The summed E-state index contributed by atoms with van der Waals surface area (Å²) < 4.78 is 6.18. The Kier molecular flexibility index (Phi) is 5.94. The fraction of sp³-hybridized carbons (Fsp3) is 0.286. The number of carbonyl (C=O) groups excluding carboxylic acids is 1.